The summed E-state index contributed by atoms with van der Waals surface area (Å²) in [7, 11) is 0. The summed E-state index contributed by atoms with van der Waals surface area (Å²) in [6.07, 6.45) is 7.88. The molecular formula is C17H16N2S. The van der Waals surface area contributed by atoms with Gasteiger partial charge in [-0.15, -0.1) is 11.8 Å². The van der Waals surface area contributed by atoms with Crippen molar-refractivity contribution in [2.45, 2.75) is 24.2 Å². The van der Waals surface area contributed by atoms with E-state index in [0.29, 0.717) is 0 Å². The van der Waals surface area contributed by atoms with Gasteiger partial charge in [-0.3, -0.25) is 0 Å². The van der Waals surface area contributed by atoms with Crippen LogP contribution in [0.15, 0.2) is 47.5 Å². The highest BCUT2D eigenvalue weighted by Gasteiger charge is 2.17. The summed E-state index contributed by atoms with van der Waals surface area (Å²) in [6, 6.07) is 13.1. The summed E-state index contributed by atoms with van der Waals surface area (Å²) in [5, 5.41) is 0. The minimum absolute atomic E-state index is 1.08. The van der Waals surface area contributed by atoms with Crippen LogP contribution in [0.4, 0.5) is 0 Å². The van der Waals surface area contributed by atoms with E-state index in [4.69, 9.17) is 4.98 Å². The first-order valence-electron chi connectivity index (χ1n) is 6.99. The van der Waals surface area contributed by atoms with Crippen LogP contribution in [0.2, 0.25) is 0 Å². The van der Waals surface area contributed by atoms with E-state index in [1.165, 1.54) is 33.8 Å². The fourth-order valence-corrected chi connectivity index (χ4v) is 3.39. The van der Waals surface area contributed by atoms with E-state index in [2.05, 4.69) is 53.3 Å². The zero-order chi connectivity index (χ0) is 13.5. The Labute approximate surface area is 122 Å². The van der Waals surface area contributed by atoms with Gasteiger partial charge in [0.25, 0.3) is 0 Å². The molecule has 0 spiro atoms. The lowest BCUT2D eigenvalue weighted by molar-refractivity contribution is 0.869. The Morgan fingerprint density at radius 2 is 1.80 bits per heavy atom. The van der Waals surface area contributed by atoms with Crippen molar-refractivity contribution in [2.24, 2.45) is 0 Å². The van der Waals surface area contributed by atoms with Gasteiger partial charge in [0.1, 0.15) is 5.65 Å². The summed E-state index contributed by atoms with van der Waals surface area (Å²) in [5.74, 6) is 0. The van der Waals surface area contributed by atoms with Gasteiger partial charge < -0.3 is 4.40 Å². The van der Waals surface area contributed by atoms with Gasteiger partial charge in [0.15, 0.2) is 0 Å². The fraction of sp³-hybridized carbons (Fsp3) is 0.235. The molecule has 4 rings (SSSR count). The van der Waals surface area contributed by atoms with Crippen molar-refractivity contribution in [3.63, 3.8) is 0 Å². The number of pyridine rings is 1. The average Bonchev–Trinajstić information content (AvgIpc) is 3.07. The lowest BCUT2D eigenvalue weighted by Gasteiger charge is -2.05. The molecule has 3 heteroatoms. The monoisotopic (exact) mass is 280 g/mol. The number of aryl methyl sites for hydroxylation is 2. The number of rotatable bonds is 2. The number of aromatic nitrogens is 2. The Morgan fingerprint density at radius 1 is 1.00 bits per heavy atom. The molecule has 100 valence electrons. The van der Waals surface area contributed by atoms with Gasteiger partial charge in [-0.25, -0.2) is 4.98 Å². The second kappa shape index (κ2) is 4.67. The third-order valence-corrected chi connectivity index (χ3v) is 4.79. The Balaban J connectivity index is 1.83. The molecule has 0 fully saturated rings. The Morgan fingerprint density at radius 3 is 2.60 bits per heavy atom. The highest BCUT2D eigenvalue weighted by atomic mass is 32.2. The molecule has 1 aromatic carbocycles. The van der Waals surface area contributed by atoms with Crippen LogP contribution >= 0.6 is 11.8 Å². The Bertz CT molecular complexity index is 772. The molecule has 2 heterocycles. The molecule has 0 aliphatic heterocycles. The molecule has 20 heavy (non-hydrogen) atoms. The minimum Gasteiger partial charge on any atom is -0.303 e. The lowest BCUT2D eigenvalue weighted by atomic mass is 10.1. The maximum absolute atomic E-state index is 4.72. The maximum Gasteiger partial charge on any atom is 0.137 e. The number of hydrogen-bond acceptors (Lipinski definition) is 2. The standard InChI is InChI=1S/C17H16N2S/c1-20-14-8-5-12(6-9-14)13-7-10-17-18-15-3-2-4-16(15)19(17)11-13/h5-11H,2-4H2,1H3. The van der Waals surface area contributed by atoms with Crippen molar-refractivity contribution in [2.75, 3.05) is 6.26 Å². The molecule has 2 nitrogen and oxygen atoms in total. The van der Waals surface area contributed by atoms with Crippen molar-refractivity contribution in [3.8, 4) is 11.1 Å². The summed E-state index contributed by atoms with van der Waals surface area (Å²) in [5.41, 5.74) is 6.31. The van der Waals surface area contributed by atoms with Crippen LogP contribution in [0.5, 0.6) is 0 Å². The Kier molecular flexibility index (Phi) is 2.81. The van der Waals surface area contributed by atoms with E-state index in [1.807, 2.05) is 0 Å². The summed E-state index contributed by atoms with van der Waals surface area (Å²) in [6.45, 7) is 0. The summed E-state index contributed by atoms with van der Waals surface area (Å²) >= 11 is 1.78. The van der Waals surface area contributed by atoms with E-state index in [9.17, 15) is 0 Å². The van der Waals surface area contributed by atoms with Crippen LogP contribution < -0.4 is 0 Å². The van der Waals surface area contributed by atoms with Gasteiger partial charge >= 0.3 is 0 Å². The van der Waals surface area contributed by atoms with Crippen molar-refractivity contribution in [1.82, 2.24) is 9.38 Å². The van der Waals surface area contributed by atoms with E-state index >= 15 is 0 Å². The first-order chi connectivity index (χ1) is 9.85. The van der Waals surface area contributed by atoms with Gasteiger partial charge in [-0.05, 0) is 60.9 Å². The molecule has 1 aliphatic rings. The van der Waals surface area contributed by atoms with Crippen molar-refractivity contribution < 1.29 is 0 Å². The Hall–Kier alpha value is -1.74. The van der Waals surface area contributed by atoms with Gasteiger partial charge in [-0.1, -0.05) is 12.1 Å². The van der Waals surface area contributed by atoms with E-state index in [-0.39, 0.29) is 0 Å². The zero-order valence-electron chi connectivity index (χ0n) is 11.5. The highest BCUT2D eigenvalue weighted by molar-refractivity contribution is 7.98. The normalized spacial score (nSPS) is 13.8. The summed E-state index contributed by atoms with van der Waals surface area (Å²) in [4.78, 5) is 6.02. The van der Waals surface area contributed by atoms with Crippen LogP contribution in [0, 0.1) is 0 Å². The third kappa shape index (κ3) is 1.85. The molecule has 0 atom stereocenters. The molecule has 2 aromatic heterocycles. The number of nitrogens with zero attached hydrogens (tertiary/aromatic N) is 2. The molecule has 0 saturated carbocycles. The van der Waals surface area contributed by atoms with E-state index < -0.39 is 0 Å². The molecule has 0 radical (unpaired) electrons. The lowest BCUT2D eigenvalue weighted by Crippen LogP contribution is -1.91. The molecule has 0 saturated heterocycles. The van der Waals surface area contributed by atoms with Gasteiger partial charge in [0.05, 0.1) is 5.69 Å². The number of imidazole rings is 1. The molecule has 3 aromatic rings. The number of fused-ring (bicyclic) bond motifs is 3. The fourth-order valence-electron chi connectivity index (χ4n) is 2.98. The molecular weight excluding hydrogens is 264 g/mol. The SMILES string of the molecule is CSc1ccc(-c2ccc3nc4c(n3c2)CCC4)cc1. The van der Waals surface area contributed by atoms with Crippen molar-refractivity contribution in [1.29, 1.82) is 0 Å². The van der Waals surface area contributed by atoms with E-state index in [1.54, 1.807) is 11.8 Å². The van der Waals surface area contributed by atoms with Gasteiger partial charge in [-0.2, -0.15) is 0 Å². The first kappa shape index (κ1) is 12.0. The third-order valence-electron chi connectivity index (χ3n) is 4.05. The zero-order valence-corrected chi connectivity index (χ0v) is 12.3. The average molecular weight is 280 g/mol. The van der Waals surface area contributed by atoms with Crippen LogP contribution in [0.3, 0.4) is 0 Å². The van der Waals surface area contributed by atoms with Crippen molar-refractivity contribution >= 4 is 17.4 Å². The highest BCUT2D eigenvalue weighted by Crippen LogP contribution is 2.27. The van der Waals surface area contributed by atoms with Crippen molar-refractivity contribution in [3.05, 3.63) is 54.0 Å². The van der Waals surface area contributed by atoms with Gasteiger partial charge in [0, 0.05) is 16.8 Å². The van der Waals surface area contributed by atoms with Crippen LogP contribution in [0.25, 0.3) is 16.8 Å². The maximum atomic E-state index is 4.72. The van der Waals surface area contributed by atoms with Gasteiger partial charge in [0.2, 0.25) is 0 Å². The molecule has 0 N–H and O–H groups in total. The van der Waals surface area contributed by atoms with Crippen LogP contribution in [-0.2, 0) is 12.8 Å². The number of thioether (sulfide) groups is 1. The predicted molar refractivity (Wildman–Crippen MR) is 84.4 cm³/mol. The predicted octanol–water partition coefficient (Wildman–Crippen LogP) is 4.21. The largest absolute Gasteiger partial charge is 0.303 e. The quantitative estimate of drug-likeness (QED) is 0.654. The molecule has 0 amide bonds. The second-order valence-corrected chi connectivity index (χ2v) is 6.11. The van der Waals surface area contributed by atoms with E-state index in [0.717, 1.165) is 18.5 Å². The van der Waals surface area contributed by atoms with Crippen LogP contribution in [-0.4, -0.2) is 15.6 Å². The number of hydrogen-bond donors (Lipinski definition) is 0. The first-order valence-corrected chi connectivity index (χ1v) is 8.22. The smallest absolute Gasteiger partial charge is 0.137 e. The second-order valence-electron chi connectivity index (χ2n) is 5.23. The number of benzene rings is 1. The summed E-state index contributed by atoms with van der Waals surface area (Å²) < 4.78 is 2.28. The topological polar surface area (TPSA) is 17.3 Å². The molecule has 1 aliphatic carbocycles. The minimum atomic E-state index is 1.08. The van der Waals surface area contributed by atoms with Crippen LogP contribution in [0.1, 0.15) is 17.8 Å². The molecule has 0 unspecified atom stereocenters. The molecule has 0 bridgehead atoms.